The van der Waals surface area contributed by atoms with E-state index in [-0.39, 0.29) is 18.6 Å². The Kier molecular flexibility index (Phi) is 1.64. The maximum Gasteiger partial charge on any atom is 0.0859 e. The lowest BCUT2D eigenvalue weighted by Crippen LogP contribution is -2.37. The summed E-state index contributed by atoms with van der Waals surface area (Å²) in [6, 6.07) is 2.18. The normalized spacial score (nSPS) is 50.9. The van der Waals surface area contributed by atoms with E-state index in [4.69, 9.17) is 10.4 Å². The van der Waals surface area contributed by atoms with Crippen LogP contribution in [0.15, 0.2) is 0 Å². The van der Waals surface area contributed by atoms with Crippen LogP contribution >= 0.6 is 0 Å². The molecule has 0 amide bonds. The third kappa shape index (κ3) is 0.825. The van der Waals surface area contributed by atoms with E-state index in [1.165, 1.54) is 0 Å². The van der Waals surface area contributed by atoms with Gasteiger partial charge in [0.2, 0.25) is 0 Å². The zero-order valence-electron chi connectivity index (χ0n) is 6.90. The van der Waals surface area contributed by atoms with Crippen molar-refractivity contribution in [2.24, 2.45) is 17.3 Å². The van der Waals surface area contributed by atoms with Gasteiger partial charge in [-0.3, -0.25) is 0 Å². The van der Waals surface area contributed by atoms with Crippen molar-refractivity contribution in [1.29, 1.82) is 5.26 Å². The molecule has 4 unspecified atom stereocenters. The molecule has 3 nitrogen and oxygen atoms in total. The number of aliphatic hydroxyl groups excluding tert-OH is 2. The van der Waals surface area contributed by atoms with Gasteiger partial charge in [-0.05, 0) is 25.2 Å². The van der Waals surface area contributed by atoms with E-state index in [2.05, 4.69) is 6.07 Å². The standard InChI is InChI=1S/C9H13NO2/c10-4-9(5-11)3-6-1-7(9)8(12)2-6/h6-8,11-12H,1-3,5H2. The highest BCUT2D eigenvalue weighted by atomic mass is 16.3. The van der Waals surface area contributed by atoms with Crippen LogP contribution < -0.4 is 0 Å². The van der Waals surface area contributed by atoms with Crippen LogP contribution in [0.25, 0.3) is 0 Å². The second-order valence-corrected chi connectivity index (χ2v) is 4.14. The number of hydrogen-bond donors (Lipinski definition) is 2. The molecule has 0 radical (unpaired) electrons. The molecule has 4 atom stereocenters. The summed E-state index contributed by atoms with van der Waals surface area (Å²) in [6.45, 7) is -0.0955. The third-order valence-electron chi connectivity index (χ3n) is 3.49. The first-order chi connectivity index (χ1) is 5.72. The van der Waals surface area contributed by atoms with Gasteiger partial charge in [0.15, 0.2) is 0 Å². The van der Waals surface area contributed by atoms with Crippen molar-refractivity contribution >= 4 is 0 Å². The number of nitriles is 1. The lowest BCUT2D eigenvalue weighted by atomic mass is 9.73. The molecule has 2 aliphatic rings. The van der Waals surface area contributed by atoms with E-state index in [1.807, 2.05) is 0 Å². The number of rotatable bonds is 1. The van der Waals surface area contributed by atoms with E-state index < -0.39 is 5.41 Å². The molecule has 0 saturated heterocycles. The van der Waals surface area contributed by atoms with Crippen molar-refractivity contribution in [3.05, 3.63) is 0 Å². The van der Waals surface area contributed by atoms with Gasteiger partial charge in [0.25, 0.3) is 0 Å². The Morgan fingerprint density at radius 1 is 1.50 bits per heavy atom. The molecular formula is C9H13NO2. The van der Waals surface area contributed by atoms with Gasteiger partial charge in [-0.2, -0.15) is 5.26 Å². The molecule has 2 aliphatic carbocycles. The van der Waals surface area contributed by atoms with E-state index in [0.29, 0.717) is 5.92 Å². The summed E-state index contributed by atoms with van der Waals surface area (Å²) >= 11 is 0. The second-order valence-electron chi connectivity index (χ2n) is 4.14. The van der Waals surface area contributed by atoms with Crippen LogP contribution in [-0.4, -0.2) is 22.9 Å². The molecular weight excluding hydrogens is 154 g/mol. The summed E-state index contributed by atoms with van der Waals surface area (Å²) in [5.41, 5.74) is -0.623. The van der Waals surface area contributed by atoms with Crippen molar-refractivity contribution in [2.45, 2.75) is 25.4 Å². The Morgan fingerprint density at radius 3 is 2.58 bits per heavy atom. The summed E-state index contributed by atoms with van der Waals surface area (Å²) < 4.78 is 0. The molecule has 0 aromatic heterocycles. The first-order valence-corrected chi connectivity index (χ1v) is 4.42. The molecule has 0 spiro atoms. The van der Waals surface area contributed by atoms with Crippen molar-refractivity contribution in [1.82, 2.24) is 0 Å². The fourth-order valence-corrected chi connectivity index (χ4v) is 2.89. The zero-order chi connectivity index (χ0) is 8.77. The lowest BCUT2D eigenvalue weighted by molar-refractivity contribution is 0.0202. The number of fused-ring (bicyclic) bond motifs is 2. The minimum atomic E-state index is -0.623. The fraction of sp³-hybridized carbons (Fsp3) is 0.889. The first kappa shape index (κ1) is 8.03. The van der Waals surface area contributed by atoms with Crippen LogP contribution in [0.2, 0.25) is 0 Å². The van der Waals surface area contributed by atoms with Crippen molar-refractivity contribution in [3.8, 4) is 6.07 Å². The maximum absolute atomic E-state index is 9.55. The van der Waals surface area contributed by atoms with Crippen LogP contribution in [-0.2, 0) is 0 Å². The lowest BCUT2D eigenvalue weighted by Gasteiger charge is -2.31. The van der Waals surface area contributed by atoms with E-state index >= 15 is 0 Å². The Morgan fingerprint density at radius 2 is 2.25 bits per heavy atom. The minimum absolute atomic E-state index is 0.0255. The average molecular weight is 167 g/mol. The van der Waals surface area contributed by atoms with Gasteiger partial charge >= 0.3 is 0 Å². The van der Waals surface area contributed by atoms with E-state index in [0.717, 1.165) is 19.3 Å². The Balaban J connectivity index is 2.26. The fourth-order valence-electron chi connectivity index (χ4n) is 2.89. The maximum atomic E-state index is 9.55. The van der Waals surface area contributed by atoms with E-state index in [1.54, 1.807) is 0 Å². The molecule has 2 rings (SSSR count). The van der Waals surface area contributed by atoms with Crippen LogP contribution in [0.5, 0.6) is 0 Å². The van der Waals surface area contributed by atoms with Gasteiger partial charge in [-0.15, -0.1) is 0 Å². The number of hydrogen-bond acceptors (Lipinski definition) is 3. The molecule has 3 heteroatoms. The quantitative estimate of drug-likeness (QED) is 0.589. The van der Waals surface area contributed by atoms with Crippen LogP contribution in [0.1, 0.15) is 19.3 Å². The minimum Gasteiger partial charge on any atom is -0.395 e. The Bertz CT molecular complexity index is 235. The molecule has 0 heterocycles. The largest absolute Gasteiger partial charge is 0.395 e. The molecule has 0 aromatic carbocycles. The smallest absolute Gasteiger partial charge is 0.0859 e. The van der Waals surface area contributed by atoms with Crippen molar-refractivity contribution in [3.63, 3.8) is 0 Å². The van der Waals surface area contributed by atoms with Crippen LogP contribution in [0, 0.1) is 28.6 Å². The SMILES string of the molecule is N#CC1(CO)CC2CC(O)C1C2. The Hall–Kier alpha value is -0.590. The van der Waals surface area contributed by atoms with Crippen LogP contribution in [0.3, 0.4) is 0 Å². The van der Waals surface area contributed by atoms with E-state index in [9.17, 15) is 5.11 Å². The Labute approximate surface area is 71.6 Å². The molecule has 2 fully saturated rings. The van der Waals surface area contributed by atoms with Gasteiger partial charge in [-0.1, -0.05) is 0 Å². The van der Waals surface area contributed by atoms with Crippen molar-refractivity contribution < 1.29 is 10.2 Å². The van der Waals surface area contributed by atoms with Gasteiger partial charge < -0.3 is 10.2 Å². The number of aliphatic hydroxyl groups is 2. The zero-order valence-corrected chi connectivity index (χ0v) is 6.90. The van der Waals surface area contributed by atoms with Gasteiger partial charge in [0.1, 0.15) is 0 Å². The molecule has 12 heavy (non-hydrogen) atoms. The highest BCUT2D eigenvalue weighted by Crippen LogP contribution is 2.55. The number of nitrogens with zero attached hydrogens (tertiary/aromatic N) is 1. The van der Waals surface area contributed by atoms with Crippen molar-refractivity contribution in [2.75, 3.05) is 6.61 Å². The summed E-state index contributed by atoms with van der Waals surface area (Å²) in [5.74, 6) is 0.495. The molecule has 66 valence electrons. The summed E-state index contributed by atoms with van der Waals surface area (Å²) in [6.07, 6.45) is 2.18. The summed E-state index contributed by atoms with van der Waals surface area (Å²) in [5, 5.41) is 27.6. The predicted octanol–water partition coefficient (Wildman–Crippen LogP) is 0.279. The topological polar surface area (TPSA) is 64.2 Å². The van der Waals surface area contributed by atoms with Crippen LogP contribution in [0.4, 0.5) is 0 Å². The predicted molar refractivity (Wildman–Crippen MR) is 42.0 cm³/mol. The van der Waals surface area contributed by atoms with Gasteiger partial charge in [0, 0.05) is 5.92 Å². The average Bonchev–Trinajstić information content (AvgIpc) is 2.60. The molecule has 2 N–H and O–H groups in total. The monoisotopic (exact) mass is 167 g/mol. The third-order valence-corrected chi connectivity index (χ3v) is 3.49. The summed E-state index contributed by atoms with van der Waals surface area (Å²) in [7, 11) is 0. The first-order valence-electron chi connectivity index (χ1n) is 4.42. The highest BCUT2D eigenvalue weighted by Gasteiger charge is 2.55. The van der Waals surface area contributed by atoms with Gasteiger partial charge in [0.05, 0.1) is 24.2 Å². The highest BCUT2D eigenvalue weighted by molar-refractivity contribution is 5.14. The molecule has 0 aromatic rings. The molecule has 0 aliphatic heterocycles. The summed E-state index contributed by atoms with van der Waals surface area (Å²) in [4.78, 5) is 0. The van der Waals surface area contributed by atoms with Gasteiger partial charge in [-0.25, -0.2) is 0 Å². The second kappa shape index (κ2) is 2.45. The molecule has 2 bridgehead atoms. The molecule has 2 saturated carbocycles.